The van der Waals surface area contributed by atoms with Crippen LogP contribution in [-0.2, 0) is 4.79 Å². The first-order valence-corrected chi connectivity index (χ1v) is 5.69. The van der Waals surface area contributed by atoms with Gasteiger partial charge in [0.25, 0.3) is 0 Å². The number of hydrogen-bond acceptors (Lipinski definition) is 2. The third-order valence-corrected chi connectivity index (χ3v) is 2.79. The van der Waals surface area contributed by atoms with Crippen molar-refractivity contribution in [1.82, 2.24) is 10.2 Å². The van der Waals surface area contributed by atoms with Crippen LogP contribution in [0, 0.1) is 0 Å². The Balaban J connectivity index is 2.58. The van der Waals surface area contributed by atoms with E-state index in [-0.39, 0.29) is 12.6 Å². The van der Waals surface area contributed by atoms with Gasteiger partial charge in [0, 0.05) is 6.04 Å². The second-order valence-corrected chi connectivity index (χ2v) is 4.31. The van der Waals surface area contributed by atoms with Gasteiger partial charge in [-0.2, -0.15) is 13.2 Å². The van der Waals surface area contributed by atoms with Crippen LogP contribution in [-0.4, -0.2) is 42.1 Å². The summed E-state index contributed by atoms with van der Waals surface area (Å²) < 4.78 is 36.0. The van der Waals surface area contributed by atoms with E-state index < -0.39 is 24.7 Å². The van der Waals surface area contributed by atoms with Gasteiger partial charge < -0.3 is 16.0 Å². The van der Waals surface area contributed by atoms with Gasteiger partial charge in [0.15, 0.2) is 0 Å². The number of hydrogen-bond donors (Lipinski definition) is 2. The molecule has 8 heteroatoms. The molecule has 1 rings (SSSR count). The number of nitrogens with two attached hydrogens (primary N) is 1. The third kappa shape index (κ3) is 4.80. The fourth-order valence-electron chi connectivity index (χ4n) is 2.03. The zero-order chi connectivity index (χ0) is 13.8. The lowest BCUT2D eigenvalue weighted by molar-refractivity contribution is -0.123. The molecule has 0 aliphatic heterocycles. The fraction of sp³-hybridized carbons (Fsp3) is 0.800. The summed E-state index contributed by atoms with van der Waals surface area (Å²) in [5, 5.41) is 1.76. The second-order valence-electron chi connectivity index (χ2n) is 4.31. The van der Waals surface area contributed by atoms with Gasteiger partial charge in [-0.15, -0.1) is 0 Å². The van der Waals surface area contributed by atoms with E-state index in [9.17, 15) is 22.8 Å². The molecule has 0 unspecified atom stereocenters. The molecule has 1 saturated carbocycles. The van der Waals surface area contributed by atoms with Crippen LogP contribution in [0.2, 0.25) is 0 Å². The summed E-state index contributed by atoms with van der Waals surface area (Å²) in [5.74, 6) is -0.732. The van der Waals surface area contributed by atoms with Crippen molar-refractivity contribution in [1.29, 1.82) is 0 Å². The number of alkyl halides is 3. The first kappa shape index (κ1) is 14.6. The van der Waals surface area contributed by atoms with Crippen LogP contribution in [0.4, 0.5) is 18.0 Å². The maximum Gasteiger partial charge on any atom is 0.405 e. The summed E-state index contributed by atoms with van der Waals surface area (Å²) in [4.78, 5) is 23.6. The molecule has 18 heavy (non-hydrogen) atoms. The number of halogens is 3. The Morgan fingerprint density at radius 2 is 1.83 bits per heavy atom. The molecule has 3 N–H and O–H groups in total. The fourth-order valence-corrected chi connectivity index (χ4v) is 2.03. The number of primary amides is 1. The van der Waals surface area contributed by atoms with Crippen LogP contribution in [0.25, 0.3) is 0 Å². The molecule has 0 aromatic heterocycles. The van der Waals surface area contributed by atoms with E-state index in [0.29, 0.717) is 12.8 Å². The SMILES string of the molecule is NC(=O)CN(C(=O)NCC(F)(F)F)C1CCCC1. The number of nitrogens with one attached hydrogen (secondary N) is 1. The molecule has 0 radical (unpaired) electrons. The van der Waals surface area contributed by atoms with Crippen molar-refractivity contribution < 1.29 is 22.8 Å². The molecule has 0 aromatic carbocycles. The summed E-state index contributed by atoms with van der Waals surface area (Å²) >= 11 is 0. The number of urea groups is 1. The Hall–Kier alpha value is -1.47. The second kappa shape index (κ2) is 5.92. The van der Waals surface area contributed by atoms with Gasteiger partial charge in [0.05, 0.1) is 0 Å². The van der Waals surface area contributed by atoms with Crippen LogP contribution < -0.4 is 11.1 Å². The van der Waals surface area contributed by atoms with Gasteiger partial charge in [-0.1, -0.05) is 12.8 Å². The first-order chi connectivity index (χ1) is 8.29. The summed E-state index contributed by atoms with van der Waals surface area (Å²) in [6.45, 7) is -1.76. The van der Waals surface area contributed by atoms with Crippen molar-refractivity contribution in [3.8, 4) is 0 Å². The summed E-state index contributed by atoms with van der Waals surface area (Å²) in [6, 6.07) is -1.09. The zero-order valence-electron chi connectivity index (χ0n) is 9.79. The molecule has 1 fully saturated rings. The maximum atomic E-state index is 12.0. The highest BCUT2D eigenvalue weighted by Crippen LogP contribution is 2.23. The minimum absolute atomic E-state index is 0.203. The van der Waals surface area contributed by atoms with Crippen LogP contribution >= 0.6 is 0 Å². The molecule has 3 amide bonds. The maximum absolute atomic E-state index is 12.0. The Kier molecular flexibility index (Phi) is 4.80. The molecule has 1 aliphatic rings. The molecular weight excluding hydrogens is 251 g/mol. The average Bonchev–Trinajstić information content (AvgIpc) is 2.74. The van der Waals surface area contributed by atoms with E-state index in [1.54, 1.807) is 5.32 Å². The lowest BCUT2D eigenvalue weighted by atomic mass is 10.2. The number of carbonyl (C=O) groups excluding carboxylic acids is 2. The van der Waals surface area contributed by atoms with Crippen molar-refractivity contribution in [3.05, 3.63) is 0 Å². The third-order valence-electron chi connectivity index (χ3n) is 2.79. The van der Waals surface area contributed by atoms with Crippen molar-refractivity contribution in [2.24, 2.45) is 5.73 Å². The predicted octanol–water partition coefficient (Wildman–Crippen LogP) is 0.988. The number of nitrogens with zero attached hydrogens (tertiary/aromatic N) is 1. The van der Waals surface area contributed by atoms with Crippen molar-refractivity contribution in [2.75, 3.05) is 13.1 Å². The molecule has 0 heterocycles. The minimum Gasteiger partial charge on any atom is -0.368 e. The summed E-state index contributed by atoms with van der Waals surface area (Å²) in [5.41, 5.74) is 5.00. The number of amides is 3. The predicted molar refractivity (Wildman–Crippen MR) is 57.6 cm³/mol. The van der Waals surface area contributed by atoms with E-state index in [4.69, 9.17) is 5.73 Å². The molecule has 0 aromatic rings. The average molecular weight is 267 g/mol. The molecule has 104 valence electrons. The quantitative estimate of drug-likeness (QED) is 0.797. The van der Waals surface area contributed by atoms with Crippen LogP contribution in [0.1, 0.15) is 25.7 Å². The Morgan fingerprint density at radius 3 is 2.28 bits per heavy atom. The van der Waals surface area contributed by atoms with E-state index in [2.05, 4.69) is 0 Å². The summed E-state index contributed by atoms with van der Waals surface area (Å²) in [7, 11) is 0. The molecule has 5 nitrogen and oxygen atoms in total. The normalized spacial score (nSPS) is 16.6. The van der Waals surface area contributed by atoms with Crippen LogP contribution in [0.15, 0.2) is 0 Å². The van der Waals surface area contributed by atoms with Gasteiger partial charge in [-0.25, -0.2) is 4.79 Å². The topological polar surface area (TPSA) is 75.4 Å². The van der Waals surface area contributed by atoms with Crippen molar-refractivity contribution >= 4 is 11.9 Å². The highest BCUT2D eigenvalue weighted by atomic mass is 19.4. The van der Waals surface area contributed by atoms with E-state index in [1.807, 2.05) is 0 Å². The van der Waals surface area contributed by atoms with E-state index >= 15 is 0 Å². The molecular formula is C10H16F3N3O2. The molecule has 0 saturated heterocycles. The van der Waals surface area contributed by atoms with Gasteiger partial charge in [-0.05, 0) is 12.8 Å². The summed E-state index contributed by atoms with van der Waals surface area (Å²) in [6.07, 6.45) is -1.30. The highest BCUT2D eigenvalue weighted by molar-refractivity contribution is 5.83. The molecule has 0 atom stereocenters. The molecule has 0 bridgehead atoms. The van der Waals surface area contributed by atoms with Gasteiger partial charge in [0.2, 0.25) is 5.91 Å². The zero-order valence-corrected chi connectivity index (χ0v) is 9.79. The standard InChI is InChI=1S/C10H16F3N3O2/c11-10(12,13)6-15-9(18)16(5-8(14)17)7-3-1-2-4-7/h7H,1-6H2,(H2,14,17)(H,15,18). The highest BCUT2D eigenvalue weighted by Gasteiger charge is 2.32. The van der Waals surface area contributed by atoms with E-state index in [1.165, 1.54) is 0 Å². The number of rotatable bonds is 4. The Labute approximate surface area is 102 Å². The monoisotopic (exact) mass is 267 g/mol. The van der Waals surface area contributed by atoms with E-state index in [0.717, 1.165) is 17.7 Å². The Bertz CT molecular complexity index is 314. The minimum atomic E-state index is -4.47. The molecule has 0 spiro atoms. The first-order valence-electron chi connectivity index (χ1n) is 5.69. The lowest BCUT2D eigenvalue weighted by Crippen LogP contribution is -2.50. The smallest absolute Gasteiger partial charge is 0.368 e. The van der Waals surface area contributed by atoms with Crippen molar-refractivity contribution in [3.63, 3.8) is 0 Å². The van der Waals surface area contributed by atoms with Gasteiger partial charge in [-0.3, -0.25) is 4.79 Å². The van der Waals surface area contributed by atoms with Gasteiger partial charge in [0.1, 0.15) is 13.1 Å². The van der Waals surface area contributed by atoms with Gasteiger partial charge >= 0.3 is 12.2 Å². The largest absolute Gasteiger partial charge is 0.405 e. The van der Waals surface area contributed by atoms with Crippen molar-refractivity contribution in [2.45, 2.75) is 37.9 Å². The molecule has 1 aliphatic carbocycles. The van der Waals surface area contributed by atoms with Crippen LogP contribution in [0.5, 0.6) is 0 Å². The Morgan fingerprint density at radius 1 is 1.28 bits per heavy atom. The number of carbonyl (C=O) groups is 2. The van der Waals surface area contributed by atoms with Crippen LogP contribution in [0.3, 0.4) is 0 Å². The lowest BCUT2D eigenvalue weighted by Gasteiger charge is -2.28.